The fourth-order valence-electron chi connectivity index (χ4n) is 2.05. The van der Waals surface area contributed by atoms with E-state index in [1.165, 1.54) is 0 Å². The van der Waals surface area contributed by atoms with E-state index in [1.807, 2.05) is 18.2 Å². The van der Waals surface area contributed by atoms with Gasteiger partial charge in [-0.2, -0.15) is 0 Å². The number of thiophene rings is 1. The van der Waals surface area contributed by atoms with Gasteiger partial charge in [0.2, 0.25) is 0 Å². The molecule has 2 aromatic carbocycles. The molecule has 0 atom stereocenters. The zero-order valence-corrected chi connectivity index (χ0v) is 10.1. The Kier molecular flexibility index (Phi) is 2.67. The first-order valence-corrected chi connectivity index (χ1v) is 6.28. The second-order valence-corrected chi connectivity index (χ2v) is 5.19. The van der Waals surface area contributed by atoms with Crippen molar-refractivity contribution in [3.8, 4) is 0 Å². The van der Waals surface area contributed by atoms with E-state index in [0.717, 1.165) is 26.5 Å². The van der Waals surface area contributed by atoms with Gasteiger partial charge in [0.25, 0.3) is 0 Å². The Morgan fingerprint density at radius 3 is 2.33 bits per heavy atom. The predicted octanol–water partition coefficient (Wildman–Crippen LogP) is 1.55. The van der Waals surface area contributed by atoms with Crippen LogP contribution in [0.3, 0.4) is 0 Å². The number of hydrogen-bond acceptors (Lipinski definition) is 4. The molecule has 0 amide bonds. The van der Waals surface area contributed by atoms with Crippen molar-refractivity contribution in [2.75, 3.05) is 0 Å². The summed E-state index contributed by atoms with van der Waals surface area (Å²) in [5.41, 5.74) is 1.08. The van der Waals surface area contributed by atoms with Crippen LogP contribution in [0.15, 0.2) is 36.4 Å². The lowest BCUT2D eigenvalue weighted by molar-refractivity contribution is 0.112. The summed E-state index contributed by atoms with van der Waals surface area (Å²) >= 11 is 1.62. The van der Waals surface area contributed by atoms with Crippen molar-refractivity contribution >= 4 is 50.4 Å². The molecule has 1 heterocycles. The van der Waals surface area contributed by atoms with Gasteiger partial charge in [-0.3, -0.25) is 4.79 Å². The number of fused-ring (bicyclic) bond motifs is 3. The van der Waals surface area contributed by atoms with Gasteiger partial charge in [0.05, 0.1) is 0 Å². The minimum absolute atomic E-state index is 0.457. The molecule has 0 aliphatic carbocycles. The van der Waals surface area contributed by atoms with Gasteiger partial charge in [0.15, 0.2) is 0 Å². The van der Waals surface area contributed by atoms with E-state index in [0.29, 0.717) is 11.0 Å². The molecule has 18 heavy (non-hydrogen) atoms. The van der Waals surface area contributed by atoms with Crippen molar-refractivity contribution in [2.45, 2.75) is 0 Å². The van der Waals surface area contributed by atoms with Crippen LogP contribution in [-0.2, 0) is 0 Å². The third kappa shape index (κ3) is 1.73. The summed E-state index contributed by atoms with van der Waals surface area (Å²) in [6.07, 6.45) is 0.813. The van der Waals surface area contributed by atoms with E-state index >= 15 is 0 Å². The van der Waals surface area contributed by atoms with Crippen molar-refractivity contribution < 1.29 is 14.8 Å². The number of carbonyl (C=O) groups is 1. The summed E-state index contributed by atoms with van der Waals surface area (Å²) in [4.78, 5) is 10.8. The first-order valence-electron chi connectivity index (χ1n) is 5.46. The number of aldehydes is 1. The Morgan fingerprint density at radius 1 is 1.00 bits per heavy atom. The zero-order chi connectivity index (χ0) is 12.7. The average molecular weight is 256 g/mol. The Hall–Kier alpha value is -1.69. The van der Waals surface area contributed by atoms with Gasteiger partial charge in [-0.15, -0.1) is 11.3 Å². The Morgan fingerprint density at radius 2 is 1.67 bits per heavy atom. The molecular weight excluding hydrogens is 247 g/mol. The highest BCUT2D eigenvalue weighted by atomic mass is 32.1. The lowest BCUT2D eigenvalue weighted by Crippen LogP contribution is -2.29. The Balaban J connectivity index is 2.37. The van der Waals surface area contributed by atoms with Gasteiger partial charge in [-0.25, -0.2) is 0 Å². The average Bonchev–Trinajstić information content (AvgIpc) is 2.75. The van der Waals surface area contributed by atoms with Gasteiger partial charge in [-0.05, 0) is 29.0 Å². The lowest BCUT2D eigenvalue weighted by Gasteiger charge is -1.99. The molecule has 3 aromatic rings. The van der Waals surface area contributed by atoms with E-state index in [4.69, 9.17) is 0 Å². The number of carbonyl (C=O) groups excluding carboxylic acids is 1. The third-order valence-corrected chi connectivity index (χ3v) is 4.10. The summed E-state index contributed by atoms with van der Waals surface area (Å²) < 4.78 is 2.15. The standard InChI is InChI=1S/C13H9BO3S/c15-7-8-1-3-12-10(5-8)11-6-9(14(16)17)2-4-13(11)18-12/h1-7,16-17H. The highest BCUT2D eigenvalue weighted by Crippen LogP contribution is 2.33. The van der Waals surface area contributed by atoms with Crippen LogP contribution in [0.1, 0.15) is 10.4 Å². The van der Waals surface area contributed by atoms with E-state index in [1.54, 1.807) is 29.5 Å². The maximum Gasteiger partial charge on any atom is 0.488 e. The molecule has 0 bridgehead atoms. The Labute approximate surface area is 107 Å². The molecule has 2 N–H and O–H groups in total. The molecule has 0 aliphatic heterocycles. The lowest BCUT2D eigenvalue weighted by atomic mass is 9.80. The summed E-state index contributed by atoms with van der Waals surface area (Å²) in [7, 11) is -1.47. The van der Waals surface area contributed by atoms with Gasteiger partial charge < -0.3 is 10.0 Å². The normalized spacial score (nSPS) is 11.0. The molecule has 1 aromatic heterocycles. The van der Waals surface area contributed by atoms with E-state index in [-0.39, 0.29) is 0 Å². The second-order valence-electron chi connectivity index (χ2n) is 4.10. The van der Waals surface area contributed by atoms with Crippen molar-refractivity contribution in [1.29, 1.82) is 0 Å². The highest BCUT2D eigenvalue weighted by molar-refractivity contribution is 7.25. The molecule has 3 rings (SSSR count). The fraction of sp³-hybridized carbons (Fsp3) is 0. The monoisotopic (exact) mass is 256 g/mol. The molecule has 0 saturated heterocycles. The smallest absolute Gasteiger partial charge is 0.423 e. The molecule has 88 valence electrons. The van der Waals surface area contributed by atoms with Crippen LogP contribution in [0.5, 0.6) is 0 Å². The van der Waals surface area contributed by atoms with Gasteiger partial charge in [0.1, 0.15) is 6.29 Å². The largest absolute Gasteiger partial charge is 0.488 e. The first-order chi connectivity index (χ1) is 8.69. The maximum atomic E-state index is 10.8. The van der Waals surface area contributed by atoms with E-state index in [2.05, 4.69) is 0 Å². The van der Waals surface area contributed by atoms with Crippen LogP contribution in [0.4, 0.5) is 0 Å². The molecule has 0 fully saturated rings. The maximum absolute atomic E-state index is 10.8. The molecule has 0 radical (unpaired) electrons. The van der Waals surface area contributed by atoms with Gasteiger partial charge >= 0.3 is 7.12 Å². The Bertz CT molecular complexity index is 748. The number of hydrogen-bond donors (Lipinski definition) is 2. The first kappa shape index (κ1) is 11.4. The molecular formula is C13H9BO3S. The van der Waals surface area contributed by atoms with Gasteiger partial charge in [-0.1, -0.05) is 18.2 Å². The summed E-state index contributed by atoms with van der Waals surface area (Å²) in [6.45, 7) is 0. The van der Waals surface area contributed by atoms with Crippen molar-refractivity contribution in [2.24, 2.45) is 0 Å². The van der Waals surface area contributed by atoms with Gasteiger partial charge in [0, 0.05) is 20.3 Å². The molecule has 0 unspecified atom stereocenters. The summed E-state index contributed by atoms with van der Waals surface area (Å²) in [6, 6.07) is 10.9. The van der Waals surface area contributed by atoms with E-state index < -0.39 is 7.12 Å². The highest BCUT2D eigenvalue weighted by Gasteiger charge is 2.13. The second kappa shape index (κ2) is 4.21. The van der Waals surface area contributed by atoms with Crippen molar-refractivity contribution in [3.05, 3.63) is 42.0 Å². The predicted molar refractivity (Wildman–Crippen MR) is 74.5 cm³/mol. The molecule has 0 saturated carbocycles. The summed E-state index contributed by atoms with van der Waals surface area (Å²) in [5.74, 6) is 0. The molecule has 3 nitrogen and oxygen atoms in total. The molecule has 5 heteroatoms. The number of rotatable bonds is 2. The minimum atomic E-state index is -1.47. The molecule has 0 spiro atoms. The quantitative estimate of drug-likeness (QED) is 0.540. The van der Waals surface area contributed by atoms with Crippen LogP contribution in [-0.4, -0.2) is 23.5 Å². The topological polar surface area (TPSA) is 57.5 Å². The molecule has 0 aliphatic rings. The zero-order valence-electron chi connectivity index (χ0n) is 9.33. The number of benzene rings is 2. The van der Waals surface area contributed by atoms with Crippen LogP contribution >= 0.6 is 11.3 Å². The van der Waals surface area contributed by atoms with Crippen LogP contribution < -0.4 is 5.46 Å². The summed E-state index contributed by atoms with van der Waals surface area (Å²) in [5, 5.41) is 20.3. The van der Waals surface area contributed by atoms with Crippen LogP contribution in [0, 0.1) is 0 Å². The van der Waals surface area contributed by atoms with Crippen molar-refractivity contribution in [1.82, 2.24) is 0 Å². The fourth-order valence-corrected chi connectivity index (χ4v) is 3.11. The van der Waals surface area contributed by atoms with E-state index in [9.17, 15) is 14.8 Å². The SMILES string of the molecule is O=Cc1ccc2sc3ccc(B(O)O)cc3c2c1. The van der Waals surface area contributed by atoms with Crippen molar-refractivity contribution in [3.63, 3.8) is 0 Å². The van der Waals surface area contributed by atoms with Crippen LogP contribution in [0.25, 0.3) is 20.2 Å². The minimum Gasteiger partial charge on any atom is -0.423 e. The third-order valence-electron chi connectivity index (χ3n) is 2.95. The van der Waals surface area contributed by atoms with Crippen LogP contribution in [0.2, 0.25) is 0 Å².